The number of halogens is 2. The Morgan fingerprint density at radius 1 is 0.929 bits per heavy atom. The summed E-state index contributed by atoms with van der Waals surface area (Å²) < 4.78 is 27.5. The van der Waals surface area contributed by atoms with Crippen LogP contribution in [-0.4, -0.2) is 39.2 Å². The summed E-state index contributed by atoms with van der Waals surface area (Å²) in [7, 11) is 6.16. The van der Waals surface area contributed by atoms with E-state index in [0.717, 1.165) is 11.3 Å². The Morgan fingerprint density at radius 3 is 2.11 bits per heavy atom. The summed E-state index contributed by atoms with van der Waals surface area (Å²) in [4.78, 5) is 12.5. The van der Waals surface area contributed by atoms with Crippen molar-refractivity contribution >= 4 is 27.3 Å². The van der Waals surface area contributed by atoms with Gasteiger partial charge in [-0.3, -0.25) is 4.79 Å². The van der Waals surface area contributed by atoms with Gasteiger partial charge in [-0.1, -0.05) is 12.1 Å². The molecule has 1 heterocycles. The summed E-state index contributed by atoms with van der Waals surface area (Å²) in [5.74, 6) is 2.10. The van der Waals surface area contributed by atoms with E-state index in [1.165, 1.54) is 21.3 Å². The van der Waals surface area contributed by atoms with Crippen molar-refractivity contribution in [2.45, 2.75) is 5.01 Å². The number of hydrogen-bond acceptors (Lipinski definition) is 6. The van der Waals surface area contributed by atoms with E-state index in [2.05, 4.69) is 15.9 Å². The molecule has 28 heavy (non-hydrogen) atoms. The lowest BCUT2D eigenvalue weighted by Gasteiger charge is -2.20. The van der Waals surface area contributed by atoms with Gasteiger partial charge in [-0.05, 0) is 51.3 Å². The van der Waals surface area contributed by atoms with Crippen LogP contribution in [0.25, 0.3) is 5.57 Å². The van der Waals surface area contributed by atoms with Gasteiger partial charge in [0.25, 0.3) is 0 Å². The van der Waals surface area contributed by atoms with Crippen molar-refractivity contribution in [3.63, 3.8) is 0 Å². The van der Waals surface area contributed by atoms with Crippen LogP contribution in [0.5, 0.6) is 28.7 Å². The van der Waals surface area contributed by atoms with Gasteiger partial charge in [0.2, 0.25) is 22.3 Å². The van der Waals surface area contributed by atoms with Gasteiger partial charge in [0, 0.05) is 5.56 Å². The monoisotopic (exact) mass is 513 g/mol. The van der Waals surface area contributed by atoms with Gasteiger partial charge in [0.05, 0.1) is 28.4 Å². The van der Waals surface area contributed by atoms with Gasteiger partial charge >= 0.3 is 0 Å². The van der Waals surface area contributed by atoms with E-state index in [1.807, 2.05) is 24.3 Å². The first-order valence-corrected chi connectivity index (χ1v) is 8.99. The zero-order valence-electron chi connectivity index (χ0n) is 15.7. The van der Waals surface area contributed by atoms with Gasteiger partial charge in [0.15, 0.2) is 11.5 Å². The Hall–Kier alpha value is -2.19. The number of carbonyl (C=O) groups excluding carboxylic acids is 1. The molecule has 0 saturated carbocycles. The quantitative estimate of drug-likeness (QED) is 0.551. The summed E-state index contributed by atoms with van der Waals surface area (Å²) in [5, 5.41) is -0.848. The van der Waals surface area contributed by atoms with Crippen LogP contribution >= 0.6 is 15.9 Å². The van der Waals surface area contributed by atoms with E-state index < -0.39 is 5.01 Å². The first kappa shape index (κ1) is 22.1. The van der Waals surface area contributed by atoms with Crippen molar-refractivity contribution in [1.29, 1.82) is 0 Å². The molecule has 8 heteroatoms. The van der Waals surface area contributed by atoms with Gasteiger partial charge < -0.3 is 40.7 Å². The van der Waals surface area contributed by atoms with Crippen LogP contribution < -0.4 is 40.7 Å². The lowest BCUT2D eigenvalue weighted by Crippen LogP contribution is -3.00. The fraction of sp³-hybridized carbons (Fsp3) is 0.250. The van der Waals surface area contributed by atoms with E-state index in [4.69, 9.17) is 23.7 Å². The molecule has 1 unspecified atom stereocenters. The topological polar surface area (TPSA) is 63.2 Å². The van der Waals surface area contributed by atoms with Crippen LogP contribution in [-0.2, 0) is 4.79 Å². The minimum Gasteiger partial charge on any atom is -1.00 e. The van der Waals surface area contributed by atoms with Crippen molar-refractivity contribution in [3.8, 4) is 28.7 Å². The molecular formula is C20H19Br2O6-. The van der Waals surface area contributed by atoms with Crippen molar-refractivity contribution < 1.29 is 45.5 Å². The summed E-state index contributed by atoms with van der Waals surface area (Å²) in [6, 6.07) is 9.18. The molecule has 0 aromatic heterocycles. The molecule has 0 bridgehead atoms. The zero-order valence-corrected chi connectivity index (χ0v) is 18.9. The average molecular weight is 515 g/mol. The molecule has 0 aliphatic carbocycles. The Balaban J connectivity index is 0.00000280. The standard InChI is InChI=1S/C20H19BrO6.BrH/c1-23-12-7-5-11(6-8-12)13-9-15(22)20(21)27-17-14(13)10-16(24-2)18(25-3)19(17)26-4;/h5-10,20H,1-4H3;1H/p-1. The second-order valence-corrected chi connectivity index (χ2v) is 6.48. The third-order valence-electron chi connectivity index (χ3n) is 4.21. The highest BCUT2D eigenvalue weighted by atomic mass is 79.9. The van der Waals surface area contributed by atoms with Crippen LogP contribution in [0, 0.1) is 0 Å². The lowest BCUT2D eigenvalue weighted by atomic mass is 9.95. The van der Waals surface area contributed by atoms with E-state index in [0.29, 0.717) is 34.1 Å². The molecule has 0 radical (unpaired) electrons. The summed E-state index contributed by atoms with van der Waals surface area (Å²) >= 11 is 3.28. The molecule has 0 saturated heterocycles. The molecule has 150 valence electrons. The minimum absolute atomic E-state index is 0. The van der Waals surface area contributed by atoms with Crippen molar-refractivity contribution in [1.82, 2.24) is 0 Å². The maximum Gasteiger partial charge on any atom is 0.215 e. The highest BCUT2D eigenvalue weighted by Crippen LogP contribution is 2.51. The van der Waals surface area contributed by atoms with E-state index in [-0.39, 0.29) is 22.8 Å². The Bertz CT molecular complexity index is 893. The highest BCUT2D eigenvalue weighted by molar-refractivity contribution is 9.09. The Morgan fingerprint density at radius 2 is 1.57 bits per heavy atom. The summed E-state index contributed by atoms with van der Waals surface area (Å²) in [6.07, 6.45) is 1.54. The number of ether oxygens (including phenoxy) is 5. The van der Waals surface area contributed by atoms with Crippen molar-refractivity contribution in [3.05, 3.63) is 47.5 Å². The molecular weight excluding hydrogens is 496 g/mol. The molecule has 6 nitrogen and oxygen atoms in total. The van der Waals surface area contributed by atoms with Crippen molar-refractivity contribution in [2.75, 3.05) is 28.4 Å². The summed E-state index contributed by atoms with van der Waals surface area (Å²) in [5.41, 5.74) is 2.16. The summed E-state index contributed by atoms with van der Waals surface area (Å²) in [6.45, 7) is 0. The Kier molecular flexibility index (Phi) is 7.37. The third-order valence-corrected chi connectivity index (χ3v) is 4.85. The van der Waals surface area contributed by atoms with Crippen LogP contribution in [0.4, 0.5) is 0 Å². The lowest BCUT2D eigenvalue weighted by molar-refractivity contribution is -0.117. The molecule has 2 aromatic carbocycles. The molecule has 3 rings (SSSR count). The molecule has 0 spiro atoms. The molecule has 2 aromatic rings. The van der Waals surface area contributed by atoms with E-state index >= 15 is 0 Å². The highest BCUT2D eigenvalue weighted by Gasteiger charge is 2.31. The molecule has 1 aliphatic rings. The first-order valence-electron chi connectivity index (χ1n) is 8.08. The van der Waals surface area contributed by atoms with Crippen LogP contribution in [0.3, 0.4) is 0 Å². The van der Waals surface area contributed by atoms with Crippen LogP contribution in [0.1, 0.15) is 11.1 Å². The number of ketones is 1. The molecule has 0 N–H and O–H groups in total. The van der Waals surface area contributed by atoms with Gasteiger partial charge in [-0.25, -0.2) is 0 Å². The predicted octanol–water partition coefficient (Wildman–Crippen LogP) is 0.839. The third kappa shape index (κ3) is 3.98. The van der Waals surface area contributed by atoms with Crippen LogP contribution in [0.2, 0.25) is 0 Å². The number of alkyl halides is 1. The van der Waals surface area contributed by atoms with E-state index in [1.54, 1.807) is 19.3 Å². The van der Waals surface area contributed by atoms with E-state index in [9.17, 15) is 4.79 Å². The fourth-order valence-corrected chi connectivity index (χ4v) is 3.22. The molecule has 0 amide bonds. The first-order chi connectivity index (χ1) is 13.0. The molecule has 0 fully saturated rings. The molecule has 1 aliphatic heterocycles. The number of carbonyl (C=O) groups is 1. The normalized spacial score (nSPS) is 15.2. The average Bonchev–Trinajstić information content (AvgIpc) is 2.82. The fourth-order valence-electron chi connectivity index (χ4n) is 2.90. The number of rotatable bonds is 5. The van der Waals surface area contributed by atoms with Crippen LogP contribution in [0.15, 0.2) is 36.4 Å². The number of fused-ring (bicyclic) bond motifs is 1. The molecule has 1 atom stereocenters. The Labute approximate surface area is 182 Å². The second kappa shape index (κ2) is 9.34. The SMILES string of the molecule is COc1ccc(C2=CC(=O)C(Br)Oc3c2cc(OC)c(OC)c3OC)cc1.[Br-]. The minimum atomic E-state index is -0.848. The predicted molar refractivity (Wildman–Crippen MR) is 105 cm³/mol. The van der Waals surface area contributed by atoms with Gasteiger partial charge in [-0.2, -0.15) is 0 Å². The number of benzene rings is 2. The van der Waals surface area contributed by atoms with Crippen molar-refractivity contribution in [2.24, 2.45) is 0 Å². The smallest absolute Gasteiger partial charge is 0.215 e. The largest absolute Gasteiger partial charge is 1.00 e. The van der Waals surface area contributed by atoms with Gasteiger partial charge in [-0.15, -0.1) is 0 Å². The van der Waals surface area contributed by atoms with Gasteiger partial charge in [0.1, 0.15) is 5.75 Å². The zero-order chi connectivity index (χ0) is 19.6. The number of hydrogen-bond donors (Lipinski definition) is 0. The second-order valence-electron chi connectivity index (χ2n) is 5.64. The maximum absolute atomic E-state index is 12.5. The number of methoxy groups -OCH3 is 4. The maximum atomic E-state index is 12.5.